The third-order valence-corrected chi connectivity index (χ3v) is 3.75. The summed E-state index contributed by atoms with van der Waals surface area (Å²) in [6.45, 7) is 1.22. The Morgan fingerprint density at radius 2 is 2.28 bits per heavy atom. The second-order valence-electron chi connectivity index (χ2n) is 3.83. The minimum absolute atomic E-state index is 0.0191. The monoisotopic (exact) mass is 286 g/mol. The molecule has 98 valence electrons. The maximum Gasteiger partial charge on any atom is 0.183 e. The van der Waals surface area contributed by atoms with E-state index >= 15 is 0 Å². The van der Waals surface area contributed by atoms with Crippen LogP contribution < -0.4 is 5.32 Å². The van der Waals surface area contributed by atoms with Crippen molar-refractivity contribution in [2.75, 3.05) is 32.7 Å². The highest BCUT2D eigenvalue weighted by Gasteiger charge is 2.09. The summed E-state index contributed by atoms with van der Waals surface area (Å²) in [5.74, 6) is 0. The number of methoxy groups -OCH3 is 2. The van der Waals surface area contributed by atoms with E-state index in [9.17, 15) is 0 Å². The largest absolute Gasteiger partial charge is 0.382 e. The van der Waals surface area contributed by atoms with Crippen LogP contribution >= 0.6 is 22.9 Å². The minimum Gasteiger partial charge on any atom is -0.382 e. The van der Waals surface area contributed by atoms with Gasteiger partial charge >= 0.3 is 0 Å². The standard InChI is InChI=1S/C12H15ClN2O2S/c1-16-7-9(17-2)6-14-12-15-10-5-8(13)3-4-11(10)18-12/h3-5,9H,6-7H2,1-2H3,(H,14,15). The lowest BCUT2D eigenvalue weighted by atomic mass is 10.3. The Kier molecular flexibility index (Phi) is 4.77. The van der Waals surface area contributed by atoms with E-state index < -0.39 is 0 Å². The molecule has 1 aromatic heterocycles. The van der Waals surface area contributed by atoms with Gasteiger partial charge in [-0.1, -0.05) is 22.9 Å². The van der Waals surface area contributed by atoms with E-state index in [-0.39, 0.29) is 6.10 Å². The van der Waals surface area contributed by atoms with Crippen LogP contribution in [0.2, 0.25) is 5.02 Å². The van der Waals surface area contributed by atoms with Crippen molar-refractivity contribution < 1.29 is 9.47 Å². The van der Waals surface area contributed by atoms with Gasteiger partial charge < -0.3 is 14.8 Å². The molecular weight excluding hydrogens is 272 g/mol. The quantitative estimate of drug-likeness (QED) is 0.886. The normalized spacial score (nSPS) is 12.8. The Hall–Kier alpha value is -0.880. The van der Waals surface area contributed by atoms with Gasteiger partial charge in [0.25, 0.3) is 0 Å². The number of ether oxygens (including phenoxy) is 2. The zero-order valence-corrected chi connectivity index (χ0v) is 11.8. The average Bonchev–Trinajstić information content (AvgIpc) is 2.76. The summed E-state index contributed by atoms with van der Waals surface area (Å²) < 4.78 is 11.4. The van der Waals surface area contributed by atoms with Crippen molar-refractivity contribution in [3.63, 3.8) is 0 Å². The molecule has 0 aliphatic carbocycles. The number of fused-ring (bicyclic) bond motifs is 1. The average molecular weight is 287 g/mol. The van der Waals surface area contributed by atoms with Gasteiger partial charge in [-0.05, 0) is 18.2 Å². The molecule has 1 unspecified atom stereocenters. The Bertz CT molecular complexity index is 518. The molecule has 1 atom stereocenters. The zero-order valence-electron chi connectivity index (χ0n) is 10.3. The molecule has 0 spiro atoms. The first kappa shape index (κ1) is 13.5. The summed E-state index contributed by atoms with van der Waals surface area (Å²) in [6, 6.07) is 5.71. The van der Waals surface area contributed by atoms with Gasteiger partial charge in [-0.25, -0.2) is 4.98 Å². The predicted molar refractivity (Wildman–Crippen MR) is 75.8 cm³/mol. The molecule has 0 saturated heterocycles. The van der Waals surface area contributed by atoms with Gasteiger partial charge in [0.1, 0.15) is 0 Å². The van der Waals surface area contributed by atoms with Crippen molar-refractivity contribution in [2.45, 2.75) is 6.10 Å². The lowest BCUT2D eigenvalue weighted by Crippen LogP contribution is -2.26. The van der Waals surface area contributed by atoms with Crippen LogP contribution in [0.25, 0.3) is 10.2 Å². The molecule has 2 rings (SSSR count). The van der Waals surface area contributed by atoms with E-state index in [2.05, 4.69) is 10.3 Å². The van der Waals surface area contributed by atoms with Crippen LogP contribution in [0.5, 0.6) is 0 Å². The van der Waals surface area contributed by atoms with Crippen molar-refractivity contribution in [3.8, 4) is 0 Å². The topological polar surface area (TPSA) is 43.4 Å². The number of anilines is 1. The molecule has 18 heavy (non-hydrogen) atoms. The second-order valence-corrected chi connectivity index (χ2v) is 5.29. The fourth-order valence-electron chi connectivity index (χ4n) is 1.57. The van der Waals surface area contributed by atoms with Gasteiger partial charge in [-0.15, -0.1) is 0 Å². The van der Waals surface area contributed by atoms with E-state index in [0.29, 0.717) is 18.2 Å². The Balaban J connectivity index is 2.03. The van der Waals surface area contributed by atoms with E-state index in [1.54, 1.807) is 25.6 Å². The fourth-order valence-corrected chi connectivity index (χ4v) is 2.59. The molecule has 0 saturated carbocycles. The number of nitrogens with one attached hydrogen (secondary N) is 1. The third kappa shape index (κ3) is 3.32. The van der Waals surface area contributed by atoms with Crippen LogP contribution in [0.3, 0.4) is 0 Å². The van der Waals surface area contributed by atoms with Crippen molar-refractivity contribution in [1.82, 2.24) is 4.98 Å². The zero-order chi connectivity index (χ0) is 13.0. The first-order valence-electron chi connectivity index (χ1n) is 5.54. The van der Waals surface area contributed by atoms with E-state index in [1.165, 1.54) is 0 Å². The predicted octanol–water partition coefficient (Wildman–Crippen LogP) is 3.02. The first-order chi connectivity index (χ1) is 8.72. The van der Waals surface area contributed by atoms with Gasteiger partial charge in [0.15, 0.2) is 5.13 Å². The molecule has 0 bridgehead atoms. The van der Waals surface area contributed by atoms with Crippen molar-refractivity contribution >= 4 is 38.3 Å². The molecule has 1 heterocycles. The van der Waals surface area contributed by atoms with Gasteiger partial charge in [-0.2, -0.15) is 0 Å². The highest BCUT2D eigenvalue weighted by atomic mass is 35.5. The smallest absolute Gasteiger partial charge is 0.183 e. The summed E-state index contributed by atoms with van der Waals surface area (Å²) in [5.41, 5.74) is 0.913. The number of aromatic nitrogens is 1. The fraction of sp³-hybridized carbons (Fsp3) is 0.417. The lowest BCUT2D eigenvalue weighted by molar-refractivity contribution is 0.0365. The van der Waals surface area contributed by atoms with Gasteiger partial charge in [0.2, 0.25) is 0 Å². The van der Waals surface area contributed by atoms with Crippen LogP contribution in [-0.2, 0) is 9.47 Å². The number of hydrogen-bond acceptors (Lipinski definition) is 5. The lowest BCUT2D eigenvalue weighted by Gasteiger charge is -2.14. The Morgan fingerprint density at radius 3 is 3.00 bits per heavy atom. The number of thiazole rings is 1. The van der Waals surface area contributed by atoms with Crippen LogP contribution in [0.4, 0.5) is 5.13 Å². The van der Waals surface area contributed by atoms with Crippen molar-refractivity contribution in [2.24, 2.45) is 0 Å². The Labute approximate surface area is 115 Å². The highest BCUT2D eigenvalue weighted by molar-refractivity contribution is 7.22. The maximum atomic E-state index is 5.93. The van der Waals surface area contributed by atoms with Crippen LogP contribution in [0.1, 0.15) is 0 Å². The molecule has 0 fully saturated rings. The van der Waals surface area contributed by atoms with Crippen LogP contribution in [0, 0.1) is 0 Å². The second kappa shape index (κ2) is 6.33. The Morgan fingerprint density at radius 1 is 1.44 bits per heavy atom. The maximum absolute atomic E-state index is 5.93. The molecule has 6 heteroatoms. The molecule has 0 aliphatic rings. The molecular formula is C12H15ClN2O2S. The summed E-state index contributed by atoms with van der Waals surface area (Å²) >= 11 is 7.53. The number of hydrogen-bond donors (Lipinski definition) is 1. The molecule has 0 aliphatic heterocycles. The van der Waals surface area contributed by atoms with Gasteiger partial charge in [-0.3, -0.25) is 0 Å². The third-order valence-electron chi connectivity index (χ3n) is 2.52. The summed E-state index contributed by atoms with van der Waals surface area (Å²) in [6.07, 6.45) is 0.0191. The molecule has 4 nitrogen and oxygen atoms in total. The van der Waals surface area contributed by atoms with Gasteiger partial charge in [0.05, 0.1) is 22.9 Å². The highest BCUT2D eigenvalue weighted by Crippen LogP contribution is 2.27. The molecule has 2 aromatic rings. The SMILES string of the molecule is COCC(CNc1nc2cc(Cl)ccc2s1)OC. The van der Waals surface area contributed by atoms with Crippen molar-refractivity contribution in [1.29, 1.82) is 0 Å². The van der Waals surface area contributed by atoms with E-state index in [1.807, 2.05) is 18.2 Å². The van der Waals surface area contributed by atoms with Crippen LogP contribution in [-0.4, -0.2) is 38.5 Å². The number of rotatable bonds is 6. The summed E-state index contributed by atoms with van der Waals surface area (Å²) in [5, 5.41) is 4.82. The number of nitrogens with zero attached hydrogens (tertiary/aromatic N) is 1. The molecule has 1 N–H and O–H groups in total. The molecule has 0 amide bonds. The van der Waals surface area contributed by atoms with Crippen molar-refractivity contribution in [3.05, 3.63) is 23.2 Å². The van der Waals surface area contributed by atoms with Gasteiger partial charge in [0, 0.05) is 25.8 Å². The minimum atomic E-state index is 0.0191. The molecule has 1 aromatic carbocycles. The number of benzene rings is 1. The first-order valence-corrected chi connectivity index (χ1v) is 6.74. The molecule has 0 radical (unpaired) electrons. The number of halogens is 1. The van der Waals surface area contributed by atoms with E-state index in [0.717, 1.165) is 15.3 Å². The van der Waals surface area contributed by atoms with Crippen LogP contribution in [0.15, 0.2) is 18.2 Å². The van der Waals surface area contributed by atoms with E-state index in [4.69, 9.17) is 21.1 Å². The summed E-state index contributed by atoms with van der Waals surface area (Å²) in [4.78, 5) is 4.47. The summed E-state index contributed by atoms with van der Waals surface area (Å²) in [7, 11) is 3.33.